The van der Waals surface area contributed by atoms with Gasteiger partial charge in [-0.15, -0.1) is 22.5 Å². The minimum absolute atomic E-state index is 0.152. The van der Waals surface area contributed by atoms with Crippen LogP contribution < -0.4 is 14.4 Å². The molecule has 1 heterocycles. The molecule has 0 bridgehead atoms. The number of hydrogen-bond acceptors (Lipinski definition) is 7. The summed E-state index contributed by atoms with van der Waals surface area (Å²) in [5.74, 6) is -2.36. The first-order valence-electron chi connectivity index (χ1n) is 10.7. The third kappa shape index (κ3) is 6.21. The number of nitrogens with zero attached hydrogens (tertiary/aromatic N) is 1. The molecule has 1 unspecified atom stereocenters. The Balaban J connectivity index is 2.15. The standard InChI is InChI=1S/C23H29FN2O5S2/c1-3-5-9-16-14-26(17-10-7-6-8-11-17)19-12-21(32-4-2)20(31-15-18(24)23(27)28)13-22(19)33(29,30)25-16/h6-8,10-13,15-16,25,29-30H,3-5,9,14H2,1-2H3,(H,27,28)/b18-15-. The molecule has 1 atom stereocenters. The molecule has 0 saturated carbocycles. The van der Waals surface area contributed by atoms with Gasteiger partial charge in [-0.3, -0.25) is 9.11 Å². The first-order valence-corrected chi connectivity index (χ1v) is 13.2. The van der Waals surface area contributed by atoms with E-state index in [4.69, 9.17) is 9.84 Å². The van der Waals surface area contributed by atoms with Crippen LogP contribution >= 0.6 is 22.5 Å². The number of benzene rings is 2. The summed E-state index contributed by atoms with van der Waals surface area (Å²) in [5.41, 5.74) is 1.51. The summed E-state index contributed by atoms with van der Waals surface area (Å²) in [5, 5.41) is 8.78. The van der Waals surface area contributed by atoms with Crippen molar-refractivity contribution in [1.29, 1.82) is 0 Å². The number of nitrogens with one attached hydrogen (secondary N) is 1. The Labute approximate surface area is 199 Å². The molecule has 4 N–H and O–H groups in total. The van der Waals surface area contributed by atoms with Gasteiger partial charge in [0.2, 0.25) is 5.83 Å². The van der Waals surface area contributed by atoms with Gasteiger partial charge in [-0.05, 0) is 30.4 Å². The molecule has 33 heavy (non-hydrogen) atoms. The Hall–Kier alpha value is -2.24. The summed E-state index contributed by atoms with van der Waals surface area (Å²) < 4.78 is 44.1. The van der Waals surface area contributed by atoms with Gasteiger partial charge in [-0.2, -0.15) is 4.39 Å². The van der Waals surface area contributed by atoms with Crippen molar-refractivity contribution in [1.82, 2.24) is 4.72 Å². The molecule has 3 rings (SSSR count). The van der Waals surface area contributed by atoms with Crippen LogP contribution in [0.25, 0.3) is 0 Å². The highest BCUT2D eigenvalue weighted by atomic mass is 32.3. The molecule has 1 aliphatic rings. The third-order valence-corrected chi connectivity index (χ3v) is 7.65. The second-order valence-electron chi connectivity index (χ2n) is 7.54. The average molecular weight is 497 g/mol. The van der Waals surface area contributed by atoms with Crippen molar-refractivity contribution < 1.29 is 28.1 Å². The lowest BCUT2D eigenvalue weighted by Crippen LogP contribution is -2.37. The number of thioether (sulfide) groups is 1. The number of fused-ring (bicyclic) bond motifs is 1. The molecule has 0 spiro atoms. The number of carboxylic acid groups (broad SMARTS) is 1. The molecule has 2 aromatic rings. The first-order chi connectivity index (χ1) is 15.8. The number of para-hydroxylation sites is 1. The number of rotatable bonds is 9. The molecule has 2 aromatic carbocycles. The molecule has 180 valence electrons. The fourth-order valence-electron chi connectivity index (χ4n) is 3.60. The molecule has 0 amide bonds. The number of hydrogen-bond donors (Lipinski definition) is 4. The maximum atomic E-state index is 13.6. The second kappa shape index (κ2) is 11.3. The van der Waals surface area contributed by atoms with Crippen LogP contribution in [-0.2, 0) is 4.79 Å². The largest absolute Gasteiger partial charge is 0.476 e. The molecule has 1 aliphatic heterocycles. The molecule has 7 nitrogen and oxygen atoms in total. The number of carboxylic acids is 1. The smallest absolute Gasteiger partial charge is 0.368 e. The van der Waals surface area contributed by atoms with Crippen molar-refractivity contribution in [3.63, 3.8) is 0 Å². The van der Waals surface area contributed by atoms with Crippen LogP contribution in [0.3, 0.4) is 0 Å². The fourth-order valence-corrected chi connectivity index (χ4v) is 5.87. The maximum Gasteiger partial charge on any atom is 0.368 e. The number of halogens is 1. The molecular formula is C23H29FN2O5S2. The second-order valence-corrected chi connectivity index (χ2v) is 10.6. The molecule has 0 saturated heterocycles. The Bertz CT molecular complexity index is 1000. The Morgan fingerprint density at radius 3 is 2.67 bits per heavy atom. The van der Waals surface area contributed by atoms with Crippen molar-refractivity contribution >= 4 is 39.9 Å². The normalized spacial score (nSPS) is 18.9. The molecule has 0 radical (unpaired) electrons. The summed E-state index contributed by atoms with van der Waals surface area (Å²) in [6, 6.07) is 12.7. The minimum atomic E-state index is -3.42. The van der Waals surface area contributed by atoms with Crippen molar-refractivity contribution in [3.05, 3.63) is 54.6 Å². The van der Waals surface area contributed by atoms with Crippen LogP contribution in [0.1, 0.15) is 33.1 Å². The number of ether oxygens (including phenoxy) is 1. The number of anilines is 2. The summed E-state index contributed by atoms with van der Waals surface area (Å²) in [6.07, 6.45) is 3.18. The molecule has 10 heteroatoms. The van der Waals surface area contributed by atoms with E-state index in [0.29, 0.717) is 29.1 Å². The lowest BCUT2D eigenvalue weighted by molar-refractivity contribution is -0.134. The van der Waals surface area contributed by atoms with Crippen molar-refractivity contribution in [2.24, 2.45) is 0 Å². The van der Waals surface area contributed by atoms with Gasteiger partial charge in [0.25, 0.3) is 0 Å². The van der Waals surface area contributed by atoms with E-state index in [9.17, 15) is 18.3 Å². The average Bonchev–Trinajstić information content (AvgIpc) is 2.90. The summed E-state index contributed by atoms with van der Waals surface area (Å²) in [4.78, 5) is 13.7. The number of carbonyl (C=O) groups is 1. The van der Waals surface area contributed by atoms with E-state index in [0.717, 1.165) is 24.9 Å². The van der Waals surface area contributed by atoms with Crippen LogP contribution in [-0.4, -0.2) is 38.5 Å². The zero-order valence-electron chi connectivity index (χ0n) is 18.5. The van der Waals surface area contributed by atoms with Gasteiger partial charge in [0.1, 0.15) is 16.9 Å². The van der Waals surface area contributed by atoms with E-state index in [-0.39, 0.29) is 16.7 Å². The predicted molar refractivity (Wildman–Crippen MR) is 131 cm³/mol. The fraction of sp³-hybridized carbons (Fsp3) is 0.348. The van der Waals surface area contributed by atoms with E-state index >= 15 is 0 Å². The van der Waals surface area contributed by atoms with Crippen LogP contribution in [0.4, 0.5) is 15.8 Å². The van der Waals surface area contributed by atoms with Crippen LogP contribution in [0, 0.1) is 0 Å². The van der Waals surface area contributed by atoms with Gasteiger partial charge in [-0.25, -0.2) is 9.52 Å². The van der Waals surface area contributed by atoms with E-state index < -0.39 is 22.6 Å². The Morgan fingerprint density at radius 2 is 2.03 bits per heavy atom. The zero-order valence-corrected chi connectivity index (χ0v) is 20.2. The van der Waals surface area contributed by atoms with Crippen LogP contribution in [0.15, 0.2) is 64.3 Å². The number of aliphatic carboxylic acids is 1. The van der Waals surface area contributed by atoms with Crippen molar-refractivity contribution in [2.45, 2.75) is 48.9 Å². The summed E-state index contributed by atoms with van der Waals surface area (Å²) in [6.45, 7) is 4.55. The summed E-state index contributed by atoms with van der Waals surface area (Å²) >= 11 is 1.43. The molecule has 0 aliphatic carbocycles. The minimum Gasteiger partial charge on any atom is -0.476 e. The Morgan fingerprint density at radius 1 is 1.30 bits per heavy atom. The van der Waals surface area contributed by atoms with E-state index in [1.165, 1.54) is 17.8 Å². The highest BCUT2D eigenvalue weighted by Gasteiger charge is 2.33. The van der Waals surface area contributed by atoms with E-state index in [1.54, 1.807) is 6.07 Å². The Kier molecular flexibility index (Phi) is 8.66. The van der Waals surface area contributed by atoms with Crippen LogP contribution in [0.5, 0.6) is 5.75 Å². The van der Waals surface area contributed by atoms with Gasteiger partial charge in [0, 0.05) is 24.3 Å². The lowest BCUT2D eigenvalue weighted by atomic mass is 10.1. The highest BCUT2D eigenvalue weighted by Crippen LogP contribution is 2.55. The first kappa shape index (κ1) is 25.4. The van der Waals surface area contributed by atoms with E-state index in [1.807, 2.05) is 42.2 Å². The van der Waals surface area contributed by atoms with Gasteiger partial charge < -0.3 is 14.7 Å². The van der Waals surface area contributed by atoms with Crippen LogP contribution in [0.2, 0.25) is 0 Å². The van der Waals surface area contributed by atoms with Gasteiger partial charge in [0.15, 0.2) is 0 Å². The number of unbranched alkanes of at least 4 members (excludes halogenated alkanes) is 1. The molecular weight excluding hydrogens is 467 g/mol. The zero-order chi connectivity index (χ0) is 24.0. The van der Waals surface area contributed by atoms with Gasteiger partial charge in [0.05, 0.1) is 10.6 Å². The molecule has 0 fully saturated rings. The third-order valence-electron chi connectivity index (χ3n) is 5.12. The monoisotopic (exact) mass is 496 g/mol. The summed E-state index contributed by atoms with van der Waals surface area (Å²) in [7, 11) is -3.42. The predicted octanol–water partition coefficient (Wildman–Crippen LogP) is 6.40. The lowest BCUT2D eigenvalue weighted by Gasteiger charge is -2.35. The molecule has 0 aromatic heterocycles. The maximum absolute atomic E-state index is 13.6. The SMILES string of the molecule is CCCCC1CN(c2ccccc2)c2cc(SCC)c(O/C=C(\F)C(=O)O)cc2S(O)(O)N1. The van der Waals surface area contributed by atoms with E-state index in [2.05, 4.69) is 11.6 Å². The van der Waals surface area contributed by atoms with Gasteiger partial charge >= 0.3 is 5.97 Å². The van der Waals surface area contributed by atoms with Crippen molar-refractivity contribution in [2.75, 3.05) is 17.2 Å². The van der Waals surface area contributed by atoms with Crippen molar-refractivity contribution in [3.8, 4) is 5.75 Å². The van der Waals surface area contributed by atoms with Gasteiger partial charge in [-0.1, -0.05) is 44.9 Å². The highest BCUT2D eigenvalue weighted by molar-refractivity contribution is 8.22. The topological polar surface area (TPSA) is 102 Å². The quantitative estimate of drug-likeness (QED) is 0.180.